The van der Waals surface area contributed by atoms with Gasteiger partial charge in [-0.15, -0.1) is 0 Å². The quantitative estimate of drug-likeness (QED) is 0.769. The SMILES string of the molecule is COC(=O)[C@@H]1[C@@H](SC[C@]23CC[C@H](C[C@H]2O)C3(C)C)CCC[C@@H]1O. The van der Waals surface area contributed by atoms with Crippen molar-refractivity contribution in [1.82, 2.24) is 0 Å². The molecular weight excluding hydrogens is 312 g/mol. The monoisotopic (exact) mass is 342 g/mol. The van der Waals surface area contributed by atoms with Gasteiger partial charge in [-0.2, -0.15) is 11.8 Å². The largest absolute Gasteiger partial charge is 0.469 e. The lowest BCUT2D eigenvalue weighted by atomic mass is 9.70. The minimum absolute atomic E-state index is 0.0363. The number of esters is 1. The molecule has 2 N–H and O–H groups in total. The first-order valence-corrected chi connectivity index (χ1v) is 9.94. The smallest absolute Gasteiger partial charge is 0.312 e. The van der Waals surface area contributed by atoms with Crippen LogP contribution in [-0.4, -0.2) is 46.5 Å². The molecule has 3 aliphatic carbocycles. The van der Waals surface area contributed by atoms with Crippen molar-refractivity contribution in [3.8, 4) is 0 Å². The molecule has 3 aliphatic rings. The molecule has 3 rings (SSSR count). The van der Waals surface area contributed by atoms with Crippen molar-refractivity contribution in [3.63, 3.8) is 0 Å². The van der Waals surface area contributed by atoms with E-state index in [9.17, 15) is 15.0 Å². The minimum Gasteiger partial charge on any atom is -0.469 e. The summed E-state index contributed by atoms with van der Waals surface area (Å²) in [5.41, 5.74) is 0.124. The van der Waals surface area contributed by atoms with E-state index >= 15 is 0 Å². The molecule has 132 valence electrons. The van der Waals surface area contributed by atoms with Crippen molar-refractivity contribution < 1.29 is 19.7 Å². The molecule has 0 spiro atoms. The van der Waals surface area contributed by atoms with Crippen LogP contribution in [0.25, 0.3) is 0 Å². The van der Waals surface area contributed by atoms with Gasteiger partial charge in [0.2, 0.25) is 0 Å². The van der Waals surface area contributed by atoms with E-state index in [0.717, 1.165) is 31.4 Å². The molecule has 3 fully saturated rings. The lowest BCUT2D eigenvalue weighted by Crippen LogP contribution is -2.44. The van der Waals surface area contributed by atoms with Crippen LogP contribution in [0.2, 0.25) is 0 Å². The second kappa shape index (κ2) is 6.23. The highest BCUT2D eigenvalue weighted by Crippen LogP contribution is 2.66. The Morgan fingerprint density at radius 1 is 1.26 bits per heavy atom. The normalized spacial score (nSPS) is 45.2. The number of hydrogen-bond donors (Lipinski definition) is 2. The van der Waals surface area contributed by atoms with E-state index in [1.54, 1.807) is 11.8 Å². The predicted octanol–water partition coefficient (Wildman–Crippen LogP) is 2.61. The van der Waals surface area contributed by atoms with Crippen LogP contribution in [0.15, 0.2) is 0 Å². The minimum atomic E-state index is -0.593. The Morgan fingerprint density at radius 2 is 2.00 bits per heavy atom. The summed E-state index contributed by atoms with van der Waals surface area (Å²) in [4.78, 5) is 12.1. The molecule has 0 aliphatic heterocycles. The van der Waals surface area contributed by atoms with Crippen LogP contribution in [0.4, 0.5) is 0 Å². The second-order valence-corrected chi connectivity index (χ2v) is 9.49. The van der Waals surface area contributed by atoms with Gasteiger partial charge in [-0.1, -0.05) is 13.8 Å². The third-order valence-corrected chi connectivity index (χ3v) is 8.86. The van der Waals surface area contributed by atoms with Crippen LogP contribution in [0, 0.1) is 22.7 Å². The number of aliphatic hydroxyl groups is 2. The first kappa shape index (κ1) is 17.6. The van der Waals surface area contributed by atoms with Crippen molar-refractivity contribution in [2.75, 3.05) is 12.9 Å². The van der Waals surface area contributed by atoms with Gasteiger partial charge >= 0.3 is 5.97 Å². The molecule has 23 heavy (non-hydrogen) atoms. The Balaban J connectivity index is 1.72. The maximum absolute atomic E-state index is 12.1. The summed E-state index contributed by atoms with van der Waals surface area (Å²) in [6, 6.07) is 0. The van der Waals surface area contributed by atoms with E-state index in [1.165, 1.54) is 13.5 Å². The molecule has 0 aromatic heterocycles. The maximum atomic E-state index is 12.1. The molecule has 0 radical (unpaired) electrons. The number of ether oxygens (including phenoxy) is 1. The van der Waals surface area contributed by atoms with Crippen LogP contribution in [0.3, 0.4) is 0 Å². The number of thioether (sulfide) groups is 1. The Morgan fingerprint density at radius 3 is 2.57 bits per heavy atom. The number of hydrogen-bond acceptors (Lipinski definition) is 5. The zero-order valence-electron chi connectivity index (χ0n) is 14.5. The summed E-state index contributed by atoms with van der Waals surface area (Å²) in [5, 5.41) is 21.0. The molecule has 0 unspecified atom stereocenters. The average Bonchev–Trinajstić information content (AvgIpc) is 2.86. The van der Waals surface area contributed by atoms with Crippen LogP contribution in [0.5, 0.6) is 0 Å². The van der Waals surface area contributed by atoms with Crippen LogP contribution >= 0.6 is 11.8 Å². The highest BCUT2D eigenvalue weighted by atomic mass is 32.2. The van der Waals surface area contributed by atoms with Crippen LogP contribution in [0.1, 0.15) is 52.4 Å². The molecule has 6 atom stereocenters. The fourth-order valence-electron chi connectivity index (χ4n) is 5.40. The summed E-state index contributed by atoms with van der Waals surface area (Å²) >= 11 is 1.79. The molecule has 0 amide bonds. The zero-order chi connectivity index (χ0) is 16.8. The summed E-state index contributed by atoms with van der Waals surface area (Å²) in [6.45, 7) is 4.60. The van der Waals surface area contributed by atoms with Gasteiger partial charge in [0.05, 0.1) is 25.2 Å². The van der Waals surface area contributed by atoms with E-state index in [1.807, 2.05) is 0 Å². The van der Waals surface area contributed by atoms with Crippen molar-refractivity contribution in [2.24, 2.45) is 22.7 Å². The maximum Gasteiger partial charge on any atom is 0.312 e. The van der Waals surface area contributed by atoms with Gasteiger partial charge in [-0.05, 0) is 49.9 Å². The standard InChI is InChI=1S/C18H30O4S/c1-17(2)11-7-8-18(17,14(20)9-11)10-23-13-6-4-5-12(19)15(13)16(21)22-3/h11-15,19-20H,4-10H2,1-3H3/t11-,12+,13+,14-,15+,18-/m1/s1. The summed E-state index contributed by atoms with van der Waals surface area (Å²) in [6.07, 6.45) is 4.96. The molecule has 0 aromatic rings. The van der Waals surface area contributed by atoms with Gasteiger partial charge in [0.25, 0.3) is 0 Å². The van der Waals surface area contributed by atoms with Crippen molar-refractivity contribution in [3.05, 3.63) is 0 Å². The van der Waals surface area contributed by atoms with E-state index in [2.05, 4.69) is 13.8 Å². The topological polar surface area (TPSA) is 66.8 Å². The second-order valence-electron chi connectivity index (χ2n) is 8.26. The number of carbonyl (C=O) groups excluding carboxylic acids is 1. The number of aliphatic hydroxyl groups excluding tert-OH is 2. The summed E-state index contributed by atoms with van der Waals surface area (Å²) in [5.74, 6) is 0.783. The fourth-order valence-corrected chi connectivity index (χ4v) is 7.46. The van der Waals surface area contributed by atoms with Gasteiger partial charge in [-0.25, -0.2) is 0 Å². The third-order valence-electron chi connectivity index (χ3n) is 7.22. The van der Waals surface area contributed by atoms with E-state index in [-0.39, 0.29) is 28.2 Å². The lowest BCUT2D eigenvalue weighted by molar-refractivity contribution is -0.150. The van der Waals surface area contributed by atoms with Crippen molar-refractivity contribution in [1.29, 1.82) is 0 Å². The van der Waals surface area contributed by atoms with Crippen LogP contribution < -0.4 is 0 Å². The van der Waals surface area contributed by atoms with Gasteiger partial charge < -0.3 is 14.9 Å². The summed E-state index contributed by atoms with van der Waals surface area (Å²) in [7, 11) is 1.40. The fraction of sp³-hybridized carbons (Fsp3) is 0.944. The van der Waals surface area contributed by atoms with Gasteiger partial charge in [0.15, 0.2) is 0 Å². The third kappa shape index (κ3) is 2.63. The van der Waals surface area contributed by atoms with E-state index < -0.39 is 12.0 Å². The summed E-state index contributed by atoms with van der Waals surface area (Å²) < 4.78 is 4.92. The highest BCUT2D eigenvalue weighted by molar-refractivity contribution is 8.00. The van der Waals surface area contributed by atoms with Crippen molar-refractivity contribution in [2.45, 2.75) is 69.8 Å². The molecule has 4 nitrogen and oxygen atoms in total. The lowest BCUT2D eigenvalue weighted by Gasteiger charge is -2.42. The van der Waals surface area contributed by atoms with Crippen molar-refractivity contribution >= 4 is 17.7 Å². The van der Waals surface area contributed by atoms with Gasteiger partial charge in [0, 0.05) is 16.4 Å². The predicted molar refractivity (Wildman–Crippen MR) is 91.2 cm³/mol. The molecular formula is C18H30O4S. The molecule has 0 aromatic carbocycles. The number of rotatable bonds is 4. The first-order valence-electron chi connectivity index (χ1n) is 8.89. The molecule has 5 heteroatoms. The molecule has 0 saturated heterocycles. The Kier molecular flexibility index (Phi) is 4.76. The van der Waals surface area contributed by atoms with Gasteiger partial charge in [0.1, 0.15) is 0 Å². The highest BCUT2D eigenvalue weighted by Gasteiger charge is 2.63. The first-order chi connectivity index (χ1) is 10.8. The molecule has 2 bridgehead atoms. The molecule has 3 saturated carbocycles. The Hall–Kier alpha value is -0.260. The number of methoxy groups -OCH3 is 1. The number of carbonyl (C=O) groups is 1. The number of fused-ring (bicyclic) bond motifs is 2. The van der Waals surface area contributed by atoms with Crippen LogP contribution in [-0.2, 0) is 9.53 Å². The van der Waals surface area contributed by atoms with E-state index in [4.69, 9.17) is 4.74 Å². The van der Waals surface area contributed by atoms with Gasteiger partial charge in [-0.3, -0.25) is 4.79 Å². The molecule has 0 heterocycles. The average molecular weight is 343 g/mol. The Bertz CT molecular complexity index is 466. The van der Waals surface area contributed by atoms with E-state index in [0.29, 0.717) is 12.3 Å². The zero-order valence-corrected chi connectivity index (χ0v) is 15.3. The Labute approximate surface area is 143 Å².